The molecule has 0 unspecified atom stereocenters. The third kappa shape index (κ3) is 7.01. The standard InChI is InChI=1S/C23H30N4O5S/c1-18-3-9-21(10-4-18)33(30,31)27-13-11-26(12-14-27)17-23(29)25-16-22(28)24-15-19-5-7-20(32-2)8-6-19/h3-10H,11-17H2,1-2H3,(H,24,28)(H,25,29). The molecule has 1 aliphatic rings. The predicted molar refractivity (Wildman–Crippen MR) is 124 cm³/mol. The average Bonchev–Trinajstić information content (AvgIpc) is 2.82. The molecule has 2 N–H and O–H groups in total. The number of benzene rings is 2. The number of hydrogen-bond acceptors (Lipinski definition) is 6. The molecule has 1 aliphatic heterocycles. The summed E-state index contributed by atoms with van der Waals surface area (Å²) in [6.07, 6.45) is 0. The minimum absolute atomic E-state index is 0.114. The van der Waals surface area contributed by atoms with Gasteiger partial charge in [-0.1, -0.05) is 29.8 Å². The number of hydrogen-bond donors (Lipinski definition) is 2. The van der Waals surface area contributed by atoms with Crippen molar-refractivity contribution in [2.75, 3.05) is 46.4 Å². The Hall–Kier alpha value is -2.95. The van der Waals surface area contributed by atoms with E-state index in [2.05, 4.69) is 10.6 Å². The van der Waals surface area contributed by atoms with Gasteiger partial charge in [0.2, 0.25) is 21.8 Å². The molecular formula is C23H30N4O5S. The fraction of sp³-hybridized carbons (Fsp3) is 0.391. The third-order valence-electron chi connectivity index (χ3n) is 5.45. The molecule has 33 heavy (non-hydrogen) atoms. The summed E-state index contributed by atoms with van der Waals surface area (Å²) in [5.41, 5.74) is 1.92. The van der Waals surface area contributed by atoms with Crippen LogP contribution in [-0.2, 0) is 26.2 Å². The quantitative estimate of drug-likeness (QED) is 0.555. The molecule has 0 aromatic heterocycles. The van der Waals surface area contributed by atoms with Crippen LogP contribution in [0.4, 0.5) is 0 Å². The lowest BCUT2D eigenvalue weighted by molar-refractivity contribution is -0.127. The van der Waals surface area contributed by atoms with Crippen molar-refractivity contribution in [3.05, 3.63) is 59.7 Å². The normalized spacial score (nSPS) is 15.1. The highest BCUT2D eigenvalue weighted by Gasteiger charge is 2.29. The van der Waals surface area contributed by atoms with E-state index in [1.54, 1.807) is 31.4 Å². The first-order chi connectivity index (χ1) is 15.8. The molecule has 2 aromatic carbocycles. The van der Waals surface area contributed by atoms with E-state index in [0.29, 0.717) is 32.7 Å². The molecule has 0 aliphatic carbocycles. The number of nitrogens with zero attached hydrogens (tertiary/aromatic N) is 2. The zero-order valence-corrected chi connectivity index (χ0v) is 19.7. The molecule has 0 radical (unpaired) electrons. The number of rotatable bonds is 9. The molecule has 1 heterocycles. The van der Waals surface area contributed by atoms with Gasteiger partial charge in [0, 0.05) is 32.7 Å². The van der Waals surface area contributed by atoms with Crippen molar-refractivity contribution in [3.8, 4) is 5.75 Å². The van der Waals surface area contributed by atoms with Crippen molar-refractivity contribution in [2.45, 2.75) is 18.4 Å². The first-order valence-corrected chi connectivity index (χ1v) is 12.2. The van der Waals surface area contributed by atoms with Crippen LogP contribution in [0.25, 0.3) is 0 Å². The number of carbonyl (C=O) groups is 2. The molecule has 2 amide bonds. The largest absolute Gasteiger partial charge is 0.497 e. The monoisotopic (exact) mass is 474 g/mol. The molecule has 9 nitrogen and oxygen atoms in total. The average molecular weight is 475 g/mol. The summed E-state index contributed by atoms with van der Waals surface area (Å²) in [6.45, 7) is 3.78. The van der Waals surface area contributed by atoms with E-state index in [1.165, 1.54) is 4.31 Å². The molecule has 0 bridgehead atoms. The van der Waals surface area contributed by atoms with E-state index in [9.17, 15) is 18.0 Å². The lowest BCUT2D eigenvalue weighted by atomic mass is 10.2. The van der Waals surface area contributed by atoms with E-state index in [0.717, 1.165) is 16.9 Å². The lowest BCUT2D eigenvalue weighted by Gasteiger charge is -2.33. The zero-order valence-electron chi connectivity index (χ0n) is 18.9. The number of piperazine rings is 1. The second kappa shape index (κ2) is 11.3. The number of amides is 2. The second-order valence-electron chi connectivity index (χ2n) is 7.89. The Bertz CT molecular complexity index is 1050. The van der Waals surface area contributed by atoms with Gasteiger partial charge in [-0.25, -0.2) is 8.42 Å². The van der Waals surface area contributed by atoms with Crippen LogP contribution in [0, 0.1) is 6.92 Å². The number of nitrogens with one attached hydrogen (secondary N) is 2. The molecule has 178 valence electrons. The molecule has 0 spiro atoms. The lowest BCUT2D eigenvalue weighted by Crippen LogP contribution is -2.51. The van der Waals surface area contributed by atoms with E-state index >= 15 is 0 Å². The summed E-state index contributed by atoms with van der Waals surface area (Å²) >= 11 is 0. The Balaban J connectivity index is 1.37. The first kappa shape index (κ1) is 24.7. The maximum atomic E-state index is 12.8. The van der Waals surface area contributed by atoms with E-state index in [-0.39, 0.29) is 29.8 Å². The number of methoxy groups -OCH3 is 1. The van der Waals surface area contributed by atoms with Crippen LogP contribution in [0.5, 0.6) is 5.75 Å². The molecule has 1 saturated heterocycles. The molecule has 0 saturated carbocycles. The van der Waals surface area contributed by atoms with Crippen molar-refractivity contribution in [3.63, 3.8) is 0 Å². The first-order valence-electron chi connectivity index (χ1n) is 10.7. The summed E-state index contributed by atoms with van der Waals surface area (Å²) in [5.74, 6) is 0.184. The van der Waals surface area contributed by atoms with Gasteiger partial charge in [0.1, 0.15) is 5.75 Å². The van der Waals surface area contributed by atoms with Gasteiger partial charge >= 0.3 is 0 Å². The highest BCUT2D eigenvalue weighted by atomic mass is 32.2. The van der Waals surface area contributed by atoms with Gasteiger partial charge in [0.15, 0.2) is 0 Å². The number of aryl methyl sites for hydroxylation is 1. The summed E-state index contributed by atoms with van der Waals surface area (Å²) in [7, 11) is -1.95. The maximum Gasteiger partial charge on any atom is 0.243 e. The molecule has 1 fully saturated rings. The Morgan fingerprint density at radius 2 is 1.55 bits per heavy atom. The Morgan fingerprint density at radius 3 is 2.15 bits per heavy atom. The van der Waals surface area contributed by atoms with E-state index < -0.39 is 10.0 Å². The van der Waals surface area contributed by atoms with Crippen molar-refractivity contribution < 1.29 is 22.7 Å². The smallest absolute Gasteiger partial charge is 0.243 e. The van der Waals surface area contributed by atoms with Crippen LogP contribution >= 0.6 is 0 Å². The van der Waals surface area contributed by atoms with Crippen LogP contribution in [0.15, 0.2) is 53.4 Å². The summed E-state index contributed by atoms with van der Waals surface area (Å²) in [5, 5.41) is 5.37. The van der Waals surface area contributed by atoms with Crippen LogP contribution < -0.4 is 15.4 Å². The van der Waals surface area contributed by atoms with Crippen LogP contribution in [-0.4, -0.2) is 75.8 Å². The molecule has 0 atom stereocenters. The van der Waals surface area contributed by atoms with Gasteiger partial charge in [0.05, 0.1) is 25.1 Å². The third-order valence-corrected chi connectivity index (χ3v) is 7.36. The Morgan fingerprint density at radius 1 is 0.909 bits per heavy atom. The SMILES string of the molecule is COc1ccc(CNC(=O)CNC(=O)CN2CCN(S(=O)(=O)c3ccc(C)cc3)CC2)cc1. The molecule has 3 rings (SSSR count). The van der Waals surface area contributed by atoms with Crippen LogP contribution in [0.1, 0.15) is 11.1 Å². The highest BCUT2D eigenvalue weighted by Crippen LogP contribution is 2.18. The molecule has 2 aromatic rings. The summed E-state index contributed by atoms with van der Waals surface area (Å²) in [6, 6.07) is 14.1. The minimum atomic E-state index is -3.54. The Labute approximate surface area is 194 Å². The maximum absolute atomic E-state index is 12.8. The predicted octanol–water partition coefficient (Wildman–Crippen LogP) is 0.743. The van der Waals surface area contributed by atoms with Gasteiger partial charge in [-0.2, -0.15) is 4.31 Å². The van der Waals surface area contributed by atoms with Crippen molar-refractivity contribution in [2.24, 2.45) is 0 Å². The number of carbonyl (C=O) groups excluding carboxylic acids is 2. The fourth-order valence-electron chi connectivity index (χ4n) is 3.43. The summed E-state index contributed by atoms with van der Waals surface area (Å²) < 4.78 is 32.1. The van der Waals surface area contributed by atoms with Gasteiger partial charge < -0.3 is 15.4 Å². The number of ether oxygens (including phenoxy) is 1. The molecule has 10 heteroatoms. The van der Waals surface area contributed by atoms with Crippen molar-refractivity contribution >= 4 is 21.8 Å². The topological polar surface area (TPSA) is 108 Å². The van der Waals surface area contributed by atoms with Gasteiger partial charge in [-0.3, -0.25) is 14.5 Å². The van der Waals surface area contributed by atoms with Crippen molar-refractivity contribution in [1.82, 2.24) is 19.8 Å². The summed E-state index contributed by atoms with van der Waals surface area (Å²) in [4.78, 5) is 26.4. The van der Waals surface area contributed by atoms with E-state index in [1.807, 2.05) is 36.1 Å². The Kier molecular flexibility index (Phi) is 8.43. The van der Waals surface area contributed by atoms with Crippen LogP contribution in [0.3, 0.4) is 0 Å². The fourth-order valence-corrected chi connectivity index (χ4v) is 4.85. The second-order valence-corrected chi connectivity index (χ2v) is 9.83. The van der Waals surface area contributed by atoms with Crippen LogP contribution in [0.2, 0.25) is 0 Å². The highest BCUT2D eigenvalue weighted by molar-refractivity contribution is 7.89. The molecular weight excluding hydrogens is 444 g/mol. The van der Waals surface area contributed by atoms with E-state index in [4.69, 9.17) is 4.74 Å². The number of sulfonamides is 1. The minimum Gasteiger partial charge on any atom is -0.497 e. The van der Waals surface area contributed by atoms with Gasteiger partial charge in [-0.15, -0.1) is 0 Å². The zero-order chi connectivity index (χ0) is 23.8. The van der Waals surface area contributed by atoms with Gasteiger partial charge in [0.25, 0.3) is 0 Å². The van der Waals surface area contributed by atoms with Gasteiger partial charge in [-0.05, 0) is 36.8 Å². The van der Waals surface area contributed by atoms with Crippen molar-refractivity contribution in [1.29, 1.82) is 0 Å².